The third kappa shape index (κ3) is 4.42. The number of halogens is 4. The van der Waals surface area contributed by atoms with Crippen molar-refractivity contribution in [2.45, 2.75) is 10.2 Å². The van der Waals surface area contributed by atoms with E-state index in [4.69, 9.17) is 23.2 Å². The second kappa shape index (κ2) is 4.37. The molecule has 0 heterocycles. The summed E-state index contributed by atoms with van der Waals surface area (Å²) in [5, 5.41) is 0.717. The summed E-state index contributed by atoms with van der Waals surface area (Å²) in [5.41, 5.74) is 0. The van der Waals surface area contributed by atoms with E-state index in [0.717, 1.165) is 6.42 Å². The maximum absolute atomic E-state index is 5.81. The highest BCUT2D eigenvalue weighted by molar-refractivity contribution is 9.12. The average molecular weight is 285 g/mol. The molecule has 0 aromatic carbocycles. The molecule has 0 nitrogen and oxygen atoms in total. The van der Waals surface area contributed by atoms with E-state index >= 15 is 0 Å². The largest absolute Gasteiger partial charge is 0.127 e. The van der Waals surface area contributed by atoms with Gasteiger partial charge in [0.15, 0.2) is 0 Å². The average Bonchev–Trinajstić information content (AvgIpc) is 1.67. The van der Waals surface area contributed by atoms with Crippen LogP contribution in [0.15, 0.2) is 0 Å². The molecule has 0 aromatic rings. The SMILES string of the molecule is ClCCC(Cl)(Br)CBr. The molecule has 8 heavy (non-hydrogen) atoms. The molecule has 0 saturated carbocycles. The van der Waals surface area contributed by atoms with Crippen molar-refractivity contribution in [2.24, 2.45) is 0 Å². The van der Waals surface area contributed by atoms with E-state index in [1.165, 1.54) is 0 Å². The van der Waals surface area contributed by atoms with E-state index in [2.05, 4.69) is 31.9 Å². The fraction of sp³-hybridized carbons (Fsp3) is 1.00. The van der Waals surface area contributed by atoms with Gasteiger partial charge in [-0.25, -0.2) is 0 Å². The molecule has 0 aliphatic rings. The van der Waals surface area contributed by atoms with Crippen LogP contribution in [-0.2, 0) is 0 Å². The normalized spacial score (nSPS) is 18.0. The van der Waals surface area contributed by atoms with Gasteiger partial charge in [0.05, 0.1) is 0 Å². The van der Waals surface area contributed by atoms with Crippen LogP contribution in [0.2, 0.25) is 0 Å². The summed E-state index contributed by atoms with van der Waals surface area (Å²) in [6, 6.07) is 0. The van der Waals surface area contributed by atoms with E-state index in [-0.39, 0.29) is 3.78 Å². The Morgan fingerprint density at radius 1 is 1.50 bits per heavy atom. The van der Waals surface area contributed by atoms with Crippen LogP contribution in [0.5, 0.6) is 0 Å². The Kier molecular flexibility index (Phi) is 5.21. The Morgan fingerprint density at radius 3 is 2.12 bits per heavy atom. The monoisotopic (exact) mass is 282 g/mol. The minimum atomic E-state index is -0.339. The molecule has 0 spiro atoms. The van der Waals surface area contributed by atoms with Crippen molar-refractivity contribution >= 4 is 55.1 Å². The maximum atomic E-state index is 5.81. The first-order valence-electron chi connectivity index (χ1n) is 2.12. The lowest BCUT2D eigenvalue weighted by Gasteiger charge is -2.13. The van der Waals surface area contributed by atoms with Crippen molar-refractivity contribution in [1.82, 2.24) is 0 Å². The van der Waals surface area contributed by atoms with Gasteiger partial charge in [-0.05, 0) is 6.42 Å². The molecule has 0 radical (unpaired) electrons. The van der Waals surface area contributed by atoms with E-state index in [0.29, 0.717) is 11.2 Å². The van der Waals surface area contributed by atoms with Gasteiger partial charge in [0, 0.05) is 11.2 Å². The predicted molar refractivity (Wildman–Crippen MR) is 46.6 cm³/mol. The Labute approximate surface area is 76.2 Å². The zero-order valence-electron chi connectivity index (χ0n) is 4.13. The molecule has 0 N–H and O–H groups in total. The number of hydrogen-bond donors (Lipinski definition) is 0. The first-order chi connectivity index (χ1) is 3.62. The van der Waals surface area contributed by atoms with Crippen LogP contribution in [0.3, 0.4) is 0 Å². The maximum Gasteiger partial charge on any atom is 0.110 e. The van der Waals surface area contributed by atoms with Crippen molar-refractivity contribution in [3.05, 3.63) is 0 Å². The lowest BCUT2D eigenvalue weighted by molar-refractivity contribution is 0.873. The highest BCUT2D eigenvalue weighted by Gasteiger charge is 2.19. The molecule has 1 atom stereocenters. The lowest BCUT2D eigenvalue weighted by Crippen LogP contribution is -2.13. The van der Waals surface area contributed by atoms with Gasteiger partial charge in [0.1, 0.15) is 3.78 Å². The summed E-state index contributed by atoms with van der Waals surface area (Å²) in [5.74, 6) is 0.584. The molecule has 0 aromatic heterocycles. The Bertz CT molecular complexity index is 65.1. The molecule has 50 valence electrons. The molecule has 0 amide bonds. The summed E-state index contributed by atoms with van der Waals surface area (Å²) >= 11 is 17.7. The van der Waals surface area contributed by atoms with Gasteiger partial charge in [-0.1, -0.05) is 31.9 Å². The quantitative estimate of drug-likeness (QED) is 0.698. The van der Waals surface area contributed by atoms with E-state index in [1.54, 1.807) is 0 Å². The Hall–Kier alpha value is 1.54. The zero-order chi connectivity index (χ0) is 6.62. The first kappa shape index (κ1) is 9.54. The van der Waals surface area contributed by atoms with Crippen LogP contribution in [0.4, 0.5) is 0 Å². The first-order valence-corrected chi connectivity index (χ1v) is 4.95. The van der Waals surface area contributed by atoms with Crippen LogP contribution >= 0.6 is 55.1 Å². The molecule has 0 fully saturated rings. The Balaban J connectivity index is 3.37. The van der Waals surface area contributed by atoms with Crippen molar-refractivity contribution in [3.63, 3.8) is 0 Å². The predicted octanol–water partition coefficient (Wildman–Crippen LogP) is 3.34. The summed E-state index contributed by atoms with van der Waals surface area (Å²) < 4.78 is -0.339. The standard InChI is InChI=1S/C4H6Br2Cl2/c5-3-4(6,8)1-2-7/h1-3H2. The third-order valence-electron chi connectivity index (χ3n) is 0.656. The second-order valence-corrected chi connectivity index (χ2v) is 5.07. The van der Waals surface area contributed by atoms with Crippen molar-refractivity contribution in [3.8, 4) is 0 Å². The summed E-state index contributed by atoms with van der Waals surface area (Å²) in [4.78, 5) is 0. The fourth-order valence-electron chi connectivity index (χ4n) is 0.205. The molecule has 1 unspecified atom stereocenters. The van der Waals surface area contributed by atoms with Gasteiger partial charge in [-0.3, -0.25) is 0 Å². The van der Waals surface area contributed by atoms with Gasteiger partial charge >= 0.3 is 0 Å². The summed E-state index contributed by atoms with van der Waals surface area (Å²) in [7, 11) is 0. The van der Waals surface area contributed by atoms with Crippen LogP contribution in [-0.4, -0.2) is 15.0 Å². The van der Waals surface area contributed by atoms with Crippen LogP contribution in [0.1, 0.15) is 6.42 Å². The molecule has 0 rings (SSSR count). The summed E-state index contributed by atoms with van der Waals surface area (Å²) in [6.07, 6.45) is 0.765. The number of alkyl halides is 4. The van der Waals surface area contributed by atoms with E-state index < -0.39 is 0 Å². The third-order valence-corrected chi connectivity index (χ3v) is 3.88. The smallest absolute Gasteiger partial charge is 0.110 e. The van der Waals surface area contributed by atoms with Gasteiger partial charge in [0.25, 0.3) is 0 Å². The molecule has 4 heteroatoms. The topological polar surface area (TPSA) is 0 Å². The minimum Gasteiger partial charge on any atom is -0.127 e. The van der Waals surface area contributed by atoms with Gasteiger partial charge in [-0.15, -0.1) is 23.2 Å². The van der Waals surface area contributed by atoms with Crippen molar-refractivity contribution in [1.29, 1.82) is 0 Å². The zero-order valence-corrected chi connectivity index (χ0v) is 8.82. The van der Waals surface area contributed by atoms with Gasteiger partial charge in [0.2, 0.25) is 0 Å². The molecule has 0 aliphatic heterocycles. The van der Waals surface area contributed by atoms with Crippen molar-refractivity contribution < 1.29 is 0 Å². The lowest BCUT2D eigenvalue weighted by atomic mass is 10.4. The van der Waals surface area contributed by atoms with Crippen LogP contribution in [0, 0.1) is 0 Å². The van der Waals surface area contributed by atoms with Crippen LogP contribution < -0.4 is 0 Å². The second-order valence-electron chi connectivity index (χ2n) is 1.43. The highest BCUT2D eigenvalue weighted by atomic mass is 79.9. The molecule has 0 bridgehead atoms. The highest BCUT2D eigenvalue weighted by Crippen LogP contribution is 2.29. The van der Waals surface area contributed by atoms with E-state index in [1.807, 2.05) is 0 Å². The number of hydrogen-bond acceptors (Lipinski definition) is 0. The minimum absolute atomic E-state index is 0.339. The van der Waals surface area contributed by atoms with E-state index in [9.17, 15) is 0 Å². The number of rotatable bonds is 3. The van der Waals surface area contributed by atoms with Gasteiger partial charge in [-0.2, -0.15) is 0 Å². The molecule has 0 aliphatic carbocycles. The van der Waals surface area contributed by atoms with Gasteiger partial charge < -0.3 is 0 Å². The van der Waals surface area contributed by atoms with Crippen molar-refractivity contribution in [2.75, 3.05) is 11.2 Å². The fourth-order valence-corrected chi connectivity index (χ4v) is 1.43. The molecular formula is C4H6Br2Cl2. The summed E-state index contributed by atoms with van der Waals surface area (Å²) in [6.45, 7) is 0. The molecule has 0 saturated heterocycles. The van der Waals surface area contributed by atoms with Crippen LogP contribution in [0.25, 0.3) is 0 Å². The molecular weight excluding hydrogens is 279 g/mol. The Morgan fingerprint density at radius 2 is 2.00 bits per heavy atom.